The summed E-state index contributed by atoms with van der Waals surface area (Å²) in [6.45, 7) is 4.00. The second-order valence-electron chi connectivity index (χ2n) is 9.32. The van der Waals surface area contributed by atoms with Crippen LogP contribution < -0.4 is 0 Å². The fourth-order valence-electron chi connectivity index (χ4n) is 4.66. The molecule has 0 aliphatic carbocycles. The molecule has 7 aromatic rings. The van der Waals surface area contributed by atoms with Crippen molar-refractivity contribution < 1.29 is 9.18 Å². The van der Waals surface area contributed by atoms with Crippen LogP contribution in [0.15, 0.2) is 49.1 Å². The lowest BCUT2D eigenvalue weighted by molar-refractivity contribution is 0.0897. The van der Waals surface area contributed by atoms with Crippen LogP contribution in [-0.2, 0) is 0 Å². The molecule has 2 N–H and O–H groups in total. The lowest BCUT2D eigenvalue weighted by atomic mass is 10.1. The van der Waals surface area contributed by atoms with Crippen LogP contribution in [0.25, 0.3) is 64.6 Å². The summed E-state index contributed by atoms with van der Waals surface area (Å²) in [6, 6.07) is 7.41. The Kier molecular flexibility index (Phi) is 4.70. The molecule has 0 saturated heterocycles. The molecule has 0 radical (unpaired) electrons. The summed E-state index contributed by atoms with van der Waals surface area (Å²) in [5.74, 6) is -0.425. The maximum atomic E-state index is 16.1. The summed E-state index contributed by atoms with van der Waals surface area (Å²) in [5, 5.41) is 8.11. The Balaban J connectivity index is 1.76. The number of aromatic amines is 2. The second-order valence-corrected chi connectivity index (χ2v) is 10.4. The topological polar surface area (TPSA) is 118 Å². The van der Waals surface area contributed by atoms with Gasteiger partial charge in [0.05, 0.1) is 27.3 Å². The molecule has 7 aromatic heterocycles. The van der Waals surface area contributed by atoms with Crippen molar-refractivity contribution >= 4 is 81.8 Å². The fraction of sp³-hybridized carbons (Fsp3) is 0.154. The standard InChI is InChI=1S/C26H19FN8OS/c1-12(2)7-18(36)35-14-8-13(9-28-10-14)15-11-30-25-20(21(15)27)24(33-34-25)26-31-16-5-6-29-23(22(16)32-26)17-3-4-19(35)37-17/h3-6,8-12H,7H2,1-2H3,(H,31,32)(H,30,33,34). The van der Waals surface area contributed by atoms with Gasteiger partial charge >= 0.3 is 0 Å². The average molecular weight is 511 g/mol. The Morgan fingerprint density at radius 2 is 1.97 bits per heavy atom. The molecule has 0 atom stereocenters. The van der Waals surface area contributed by atoms with Crippen LogP contribution in [-0.4, -0.2) is 45.6 Å². The van der Waals surface area contributed by atoms with Crippen LogP contribution in [0.4, 0.5) is 4.39 Å². The van der Waals surface area contributed by atoms with E-state index in [0.29, 0.717) is 50.0 Å². The van der Waals surface area contributed by atoms with Gasteiger partial charge in [-0.15, -0.1) is 11.3 Å². The Bertz CT molecular complexity index is 2100. The molecule has 7 heterocycles. The molecule has 182 valence electrons. The van der Waals surface area contributed by atoms with E-state index in [-0.39, 0.29) is 22.6 Å². The largest absolute Gasteiger partial charge is 0.336 e. The van der Waals surface area contributed by atoms with E-state index in [2.05, 4.69) is 30.1 Å². The maximum absolute atomic E-state index is 16.1. The van der Waals surface area contributed by atoms with E-state index < -0.39 is 5.82 Å². The number of thiophene rings is 1. The summed E-state index contributed by atoms with van der Waals surface area (Å²) >= 11 is 1.44. The first kappa shape index (κ1) is 21.7. The number of imidazole rings is 1. The van der Waals surface area contributed by atoms with Gasteiger partial charge in [0.2, 0.25) is 5.91 Å². The molecule has 37 heavy (non-hydrogen) atoms. The Hall–Kier alpha value is -4.51. The van der Waals surface area contributed by atoms with Crippen molar-refractivity contribution in [2.75, 3.05) is 0 Å². The minimum Gasteiger partial charge on any atom is -0.336 e. The van der Waals surface area contributed by atoms with Gasteiger partial charge in [-0.2, -0.15) is 5.10 Å². The Labute approximate surface area is 211 Å². The average Bonchev–Trinajstić information content (AvgIpc) is 3.61. The van der Waals surface area contributed by atoms with Gasteiger partial charge < -0.3 is 4.98 Å². The van der Waals surface area contributed by atoms with Crippen molar-refractivity contribution in [2.45, 2.75) is 20.3 Å². The molecule has 11 heteroatoms. The molecule has 0 aromatic carbocycles. The molecule has 0 aliphatic rings. The summed E-state index contributed by atoms with van der Waals surface area (Å²) in [5.41, 5.74) is 3.61. The summed E-state index contributed by atoms with van der Waals surface area (Å²) in [7, 11) is 0. The molecule has 0 saturated carbocycles. The second kappa shape index (κ2) is 8.00. The van der Waals surface area contributed by atoms with E-state index in [9.17, 15) is 4.79 Å². The third-order valence-electron chi connectivity index (χ3n) is 6.32. The number of carbonyl (C=O) groups excluding carboxylic acids is 1. The SMILES string of the molecule is CC(C)CC(=O)n1c2cncc(c2)c2cnc3[nH]nc(c4nc5c(ccnc5c5ccc1s5)[nH]4)c3c2F. The number of nitrogens with zero attached hydrogens (tertiary/aromatic N) is 6. The predicted molar refractivity (Wildman–Crippen MR) is 143 cm³/mol. The molecular weight excluding hydrogens is 491 g/mol. The highest BCUT2D eigenvalue weighted by atomic mass is 32.1. The Morgan fingerprint density at radius 3 is 2.84 bits per heavy atom. The summed E-state index contributed by atoms with van der Waals surface area (Å²) in [6.07, 6.45) is 6.66. The molecule has 0 amide bonds. The van der Waals surface area contributed by atoms with Crippen molar-refractivity contribution in [3.63, 3.8) is 0 Å². The highest BCUT2D eigenvalue weighted by molar-refractivity contribution is 7.24. The zero-order valence-corrected chi connectivity index (χ0v) is 20.6. The van der Waals surface area contributed by atoms with E-state index in [1.54, 1.807) is 29.2 Å². The van der Waals surface area contributed by atoms with Gasteiger partial charge in [0, 0.05) is 35.8 Å². The van der Waals surface area contributed by atoms with Crippen molar-refractivity contribution in [3.8, 4) is 0 Å². The van der Waals surface area contributed by atoms with Crippen LogP contribution >= 0.6 is 11.3 Å². The van der Waals surface area contributed by atoms with Gasteiger partial charge in [-0.3, -0.25) is 24.4 Å². The monoisotopic (exact) mass is 510 g/mol. The lowest BCUT2D eigenvalue weighted by Gasteiger charge is -2.09. The zero-order chi connectivity index (χ0) is 25.3. The summed E-state index contributed by atoms with van der Waals surface area (Å²) < 4.78 is 18.6. The zero-order valence-electron chi connectivity index (χ0n) is 19.8. The van der Waals surface area contributed by atoms with Crippen molar-refractivity contribution in [2.24, 2.45) is 5.92 Å². The highest BCUT2D eigenvalue weighted by Crippen LogP contribution is 2.31. The van der Waals surface area contributed by atoms with Crippen molar-refractivity contribution in [3.05, 3.63) is 54.9 Å². The number of halogens is 1. The number of pyridine rings is 3. The first-order valence-electron chi connectivity index (χ1n) is 11.7. The van der Waals surface area contributed by atoms with Crippen LogP contribution in [0.5, 0.6) is 0 Å². The number of hydrogen-bond donors (Lipinski definition) is 2. The van der Waals surface area contributed by atoms with E-state index >= 15 is 4.39 Å². The van der Waals surface area contributed by atoms with Crippen LogP contribution in [0.1, 0.15) is 25.1 Å². The third-order valence-corrected chi connectivity index (χ3v) is 7.40. The first-order valence-corrected chi connectivity index (χ1v) is 12.6. The predicted octanol–water partition coefficient (Wildman–Crippen LogP) is 6.05. The van der Waals surface area contributed by atoms with Gasteiger partial charge in [-0.05, 0) is 30.2 Å². The smallest absolute Gasteiger partial charge is 0.232 e. The number of H-pyrrole nitrogens is 2. The van der Waals surface area contributed by atoms with Crippen LogP contribution in [0, 0.1) is 11.7 Å². The number of nitrogens with one attached hydrogen (secondary N) is 2. The van der Waals surface area contributed by atoms with Gasteiger partial charge in [0.15, 0.2) is 11.3 Å². The number of aromatic nitrogens is 8. The van der Waals surface area contributed by atoms with Gasteiger partial charge in [0.25, 0.3) is 0 Å². The van der Waals surface area contributed by atoms with E-state index in [4.69, 9.17) is 4.98 Å². The molecule has 8 bridgehead atoms. The molecule has 0 spiro atoms. The van der Waals surface area contributed by atoms with E-state index in [1.165, 1.54) is 17.5 Å². The molecule has 7 rings (SSSR count). The number of rotatable bonds is 2. The quantitative estimate of drug-likeness (QED) is 0.292. The third kappa shape index (κ3) is 3.34. The summed E-state index contributed by atoms with van der Waals surface area (Å²) in [4.78, 5) is 35.6. The number of hydrogen-bond acceptors (Lipinski definition) is 7. The van der Waals surface area contributed by atoms with Gasteiger partial charge in [-0.25, -0.2) is 14.4 Å². The van der Waals surface area contributed by atoms with Gasteiger partial charge in [0.1, 0.15) is 27.2 Å². The molecule has 0 fully saturated rings. The van der Waals surface area contributed by atoms with Crippen LogP contribution in [0.3, 0.4) is 0 Å². The molecule has 0 aliphatic heterocycles. The number of fused-ring (bicyclic) bond motifs is 9. The molecule has 0 unspecified atom stereocenters. The van der Waals surface area contributed by atoms with E-state index in [1.807, 2.05) is 32.0 Å². The van der Waals surface area contributed by atoms with Gasteiger partial charge in [-0.1, -0.05) is 13.8 Å². The molecule has 9 nitrogen and oxygen atoms in total. The maximum Gasteiger partial charge on any atom is 0.232 e. The fourth-order valence-corrected chi connectivity index (χ4v) is 5.70. The minimum atomic E-state index is -0.501. The van der Waals surface area contributed by atoms with E-state index in [0.717, 1.165) is 10.2 Å². The molecular formula is C26H19FN8OS. The first-order chi connectivity index (χ1) is 18.0. The lowest BCUT2D eigenvalue weighted by Crippen LogP contribution is -2.13. The normalized spacial score (nSPS) is 12.1. The highest BCUT2D eigenvalue weighted by Gasteiger charge is 2.17. The Morgan fingerprint density at radius 1 is 1.08 bits per heavy atom. The van der Waals surface area contributed by atoms with Crippen molar-refractivity contribution in [1.82, 2.24) is 39.7 Å². The van der Waals surface area contributed by atoms with Crippen LogP contribution in [0.2, 0.25) is 0 Å². The van der Waals surface area contributed by atoms with Crippen molar-refractivity contribution in [1.29, 1.82) is 0 Å². The number of carbonyl (C=O) groups is 1. The minimum absolute atomic E-state index is 0.0777.